The van der Waals surface area contributed by atoms with Gasteiger partial charge in [-0.2, -0.15) is 0 Å². The van der Waals surface area contributed by atoms with Crippen LogP contribution in [-0.2, 0) is 6.54 Å². The van der Waals surface area contributed by atoms with Crippen molar-refractivity contribution in [2.24, 2.45) is 5.92 Å². The predicted molar refractivity (Wildman–Crippen MR) is 82.7 cm³/mol. The van der Waals surface area contributed by atoms with Crippen molar-refractivity contribution in [3.8, 4) is 10.6 Å². The largest absolute Gasteiger partial charge is 0.315 e. The molecule has 104 valence electrons. The van der Waals surface area contributed by atoms with Gasteiger partial charge in [0.05, 0.1) is 5.69 Å². The zero-order chi connectivity index (χ0) is 13.4. The van der Waals surface area contributed by atoms with Gasteiger partial charge < -0.3 is 5.32 Å². The summed E-state index contributed by atoms with van der Waals surface area (Å²) in [4.78, 5) is 7.42. The Bertz CT molecular complexity index is 580. The van der Waals surface area contributed by atoms with Gasteiger partial charge in [-0.25, -0.2) is 4.98 Å². The number of aromatic nitrogens is 1. The first kappa shape index (κ1) is 12.5. The third-order valence-electron chi connectivity index (χ3n) is 4.50. The van der Waals surface area contributed by atoms with Gasteiger partial charge in [-0.3, -0.25) is 4.90 Å². The molecule has 0 radical (unpaired) electrons. The zero-order valence-electron chi connectivity index (χ0n) is 11.5. The first-order valence-electron chi connectivity index (χ1n) is 7.35. The summed E-state index contributed by atoms with van der Waals surface area (Å²) in [5, 5.41) is 6.87. The summed E-state index contributed by atoms with van der Waals surface area (Å²) in [5.74, 6) is 0.863. The molecule has 0 bridgehead atoms. The number of nitrogens with one attached hydrogen (secondary N) is 1. The highest BCUT2D eigenvalue weighted by atomic mass is 32.1. The molecule has 2 aromatic rings. The van der Waals surface area contributed by atoms with Crippen molar-refractivity contribution in [2.45, 2.75) is 19.0 Å². The summed E-state index contributed by atoms with van der Waals surface area (Å²) >= 11 is 1.76. The molecule has 4 heteroatoms. The predicted octanol–water partition coefficient (Wildman–Crippen LogP) is 2.60. The van der Waals surface area contributed by atoms with Gasteiger partial charge in [0.2, 0.25) is 0 Å². The van der Waals surface area contributed by atoms with E-state index in [2.05, 4.69) is 45.9 Å². The highest BCUT2D eigenvalue weighted by Crippen LogP contribution is 2.30. The van der Waals surface area contributed by atoms with E-state index >= 15 is 0 Å². The van der Waals surface area contributed by atoms with Crippen molar-refractivity contribution in [3.63, 3.8) is 0 Å². The van der Waals surface area contributed by atoms with Crippen LogP contribution in [0.15, 0.2) is 35.7 Å². The maximum Gasteiger partial charge on any atom is 0.123 e. The number of nitrogens with zero attached hydrogens (tertiary/aromatic N) is 2. The Labute approximate surface area is 123 Å². The first-order valence-corrected chi connectivity index (χ1v) is 8.23. The lowest BCUT2D eigenvalue weighted by atomic mass is 10.1. The van der Waals surface area contributed by atoms with Gasteiger partial charge in [-0.05, 0) is 25.4 Å². The fraction of sp³-hybridized carbons (Fsp3) is 0.438. The number of rotatable bonds is 3. The smallest absolute Gasteiger partial charge is 0.123 e. The minimum atomic E-state index is 0.733. The van der Waals surface area contributed by atoms with Crippen molar-refractivity contribution < 1.29 is 0 Å². The van der Waals surface area contributed by atoms with Crippen LogP contribution in [0.1, 0.15) is 12.1 Å². The van der Waals surface area contributed by atoms with E-state index < -0.39 is 0 Å². The zero-order valence-corrected chi connectivity index (χ0v) is 12.3. The van der Waals surface area contributed by atoms with Gasteiger partial charge in [-0.15, -0.1) is 11.3 Å². The highest BCUT2D eigenvalue weighted by Gasteiger charge is 2.37. The van der Waals surface area contributed by atoms with Crippen molar-refractivity contribution in [1.29, 1.82) is 0 Å². The SMILES string of the molecule is c1ccc(-c2nc(CN3CC[C@H]4CNC[C@H]43)cs2)cc1. The van der Waals surface area contributed by atoms with Crippen LogP contribution >= 0.6 is 11.3 Å². The third-order valence-corrected chi connectivity index (χ3v) is 5.44. The lowest BCUT2D eigenvalue weighted by Crippen LogP contribution is -2.33. The van der Waals surface area contributed by atoms with E-state index in [0.29, 0.717) is 0 Å². The fourth-order valence-corrected chi connectivity index (χ4v) is 4.25. The van der Waals surface area contributed by atoms with Crippen LogP contribution in [0, 0.1) is 5.92 Å². The van der Waals surface area contributed by atoms with E-state index in [1.165, 1.54) is 30.8 Å². The maximum absolute atomic E-state index is 4.81. The standard InChI is InChI=1S/C16H19N3S/c1-2-4-12(5-3-1)16-18-14(11-20-16)10-19-7-6-13-8-17-9-15(13)19/h1-5,11,13,15,17H,6-10H2/t13-,15+/m0/s1. The minimum absolute atomic E-state index is 0.733. The summed E-state index contributed by atoms with van der Waals surface area (Å²) < 4.78 is 0. The molecule has 0 amide bonds. The molecule has 0 unspecified atom stereocenters. The van der Waals surface area contributed by atoms with E-state index in [1.54, 1.807) is 11.3 Å². The summed E-state index contributed by atoms with van der Waals surface area (Å²) in [6.45, 7) is 4.59. The Kier molecular flexibility index (Phi) is 3.30. The topological polar surface area (TPSA) is 28.2 Å². The number of likely N-dealkylation sites (tertiary alicyclic amines) is 1. The van der Waals surface area contributed by atoms with Crippen LogP contribution in [0.25, 0.3) is 10.6 Å². The summed E-state index contributed by atoms with van der Waals surface area (Å²) in [5.41, 5.74) is 2.45. The number of fused-ring (bicyclic) bond motifs is 1. The Morgan fingerprint density at radius 3 is 3.05 bits per heavy atom. The number of thiazole rings is 1. The Balaban J connectivity index is 1.49. The van der Waals surface area contributed by atoms with Gasteiger partial charge >= 0.3 is 0 Å². The molecule has 1 aromatic heterocycles. The second kappa shape index (κ2) is 5.28. The molecule has 0 aliphatic carbocycles. The van der Waals surface area contributed by atoms with Crippen LogP contribution in [0.2, 0.25) is 0 Å². The quantitative estimate of drug-likeness (QED) is 0.939. The van der Waals surface area contributed by atoms with E-state index in [-0.39, 0.29) is 0 Å². The summed E-state index contributed by atoms with van der Waals surface area (Å²) in [6, 6.07) is 11.2. The molecule has 3 heterocycles. The molecule has 1 N–H and O–H groups in total. The Hall–Kier alpha value is -1.23. The molecule has 0 spiro atoms. The molecule has 3 nitrogen and oxygen atoms in total. The second-order valence-electron chi connectivity index (χ2n) is 5.75. The summed E-state index contributed by atoms with van der Waals surface area (Å²) in [6.07, 6.45) is 1.34. The Morgan fingerprint density at radius 2 is 2.15 bits per heavy atom. The van der Waals surface area contributed by atoms with E-state index in [1.807, 2.05) is 0 Å². The molecule has 20 heavy (non-hydrogen) atoms. The number of hydrogen-bond acceptors (Lipinski definition) is 4. The second-order valence-corrected chi connectivity index (χ2v) is 6.61. The molecule has 2 saturated heterocycles. The Morgan fingerprint density at radius 1 is 1.25 bits per heavy atom. The van der Waals surface area contributed by atoms with Gasteiger partial charge in [0.15, 0.2) is 0 Å². The molecule has 4 rings (SSSR count). The van der Waals surface area contributed by atoms with Gasteiger partial charge in [0.25, 0.3) is 0 Å². The first-order chi connectivity index (χ1) is 9.90. The van der Waals surface area contributed by atoms with Crippen LogP contribution in [0.5, 0.6) is 0 Å². The average molecular weight is 285 g/mol. The lowest BCUT2D eigenvalue weighted by molar-refractivity contribution is 0.242. The maximum atomic E-state index is 4.81. The molecule has 2 atom stereocenters. The lowest BCUT2D eigenvalue weighted by Gasteiger charge is -2.21. The van der Waals surface area contributed by atoms with Crippen molar-refractivity contribution in [2.75, 3.05) is 19.6 Å². The monoisotopic (exact) mass is 285 g/mol. The van der Waals surface area contributed by atoms with Crippen LogP contribution in [0.3, 0.4) is 0 Å². The van der Waals surface area contributed by atoms with E-state index in [4.69, 9.17) is 4.98 Å². The van der Waals surface area contributed by atoms with Crippen LogP contribution in [0.4, 0.5) is 0 Å². The highest BCUT2D eigenvalue weighted by molar-refractivity contribution is 7.13. The molecule has 1 aromatic carbocycles. The van der Waals surface area contributed by atoms with Crippen LogP contribution < -0.4 is 5.32 Å². The number of hydrogen-bond donors (Lipinski definition) is 1. The molecule has 2 aliphatic heterocycles. The van der Waals surface area contributed by atoms with E-state index in [0.717, 1.165) is 30.1 Å². The molecule has 2 aliphatic rings. The van der Waals surface area contributed by atoms with Gasteiger partial charge in [0.1, 0.15) is 5.01 Å². The van der Waals surface area contributed by atoms with Crippen molar-refractivity contribution >= 4 is 11.3 Å². The van der Waals surface area contributed by atoms with E-state index in [9.17, 15) is 0 Å². The molecular weight excluding hydrogens is 266 g/mol. The summed E-state index contributed by atoms with van der Waals surface area (Å²) in [7, 11) is 0. The average Bonchev–Trinajstić information content (AvgIpc) is 3.19. The molecule has 0 saturated carbocycles. The number of benzene rings is 1. The van der Waals surface area contributed by atoms with Crippen molar-refractivity contribution in [1.82, 2.24) is 15.2 Å². The van der Waals surface area contributed by atoms with Crippen LogP contribution in [-0.4, -0.2) is 35.6 Å². The van der Waals surface area contributed by atoms with Gasteiger partial charge in [0, 0.05) is 30.1 Å². The fourth-order valence-electron chi connectivity index (χ4n) is 3.44. The molecule has 2 fully saturated rings. The van der Waals surface area contributed by atoms with Gasteiger partial charge in [-0.1, -0.05) is 30.3 Å². The van der Waals surface area contributed by atoms with Crippen molar-refractivity contribution in [3.05, 3.63) is 41.4 Å². The normalized spacial score (nSPS) is 26.0. The third kappa shape index (κ3) is 2.28. The minimum Gasteiger partial charge on any atom is -0.315 e. The molecular formula is C16H19N3S.